The maximum Gasteiger partial charge on any atom is 0.222 e. The van der Waals surface area contributed by atoms with Crippen LogP contribution in [-0.4, -0.2) is 37.6 Å². The second-order valence-corrected chi connectivity index (χ2v) is 4.84. The molecular formula is C15H21NO3. The van der Waals surface area contributed by atoms with E-state index in [1.807, 2.05) is 30.0 Å². The molecule has 0 spiro atoms. The Morgan fingerprint density at radius 3 is 2.84 bits per heavy atom. The molecule has 0 atom stereocenters. The fourth-order valence-corrected chi connectivity index (χ4v) is 2.27. The van der Waals surface area contributed by atoms with Gasteiger partial charge in [0.15, 0.2) is 11.5 Å². The maximum absolute atomic E-state index is 11.4. The second-order valence-electron chi connectivity index (χ2n) is 4.84. The minimum absolute atomic E-state index is 0.271. The molecule has 4 heteroatoms. The van der Waals surface area contributed by atoms with Crippen LogP contribution in [0, 0.1) is 6.92 Å². The van der Waals surface area contributed by atoms with Gasteiger partial charge in [-0.2, -0.15) is 0 Å². The van der Waals surface area contributed by atoms with Crippen LogP contribution in [0.1, 0.15) is 24.8 Å². The molecule has 19 heavy (non-hydrogen) atoms. The molecule has 2 rings (SSSR count). The van der Waals surface area contributed by atoms with Gasteiger partial charge in [-0.25, -0.2) is 0 Å². The average molecular weight is 263 g/mol. The third-order valence-electron chi connectivity index (χ3n) is 3.32. The normalized spacial score (nSPS) is 14.8. The number of amides is 1. The Balaban J connectivity index is 1.77. The number of hydrogen-bond acceptors (Lipinski definition) is 3. The number of aryl methyl sites for hydroxylation is 1. The second kappa shape index (κ2) is 6.45. The Morgan fingerprint density at radius 2 is 2.16 bits per heavy atom. The lowest BCUT2D eigenvalue weighted by molar-refractivity contribution is -0.127. The molecule has 1 aromatic rings. The molecular weight excluding hydrogens is 242 g/mol. The summed E-state index contributed by atoms with van der Waals surface area (Å²) in [5, 5.41) is 0. The molecule has 0 aromatic heterocycles. The number of nitrogens with zero attached hydrogens (tertiary/aromatic N) is 1. The van der Waals surface area contributed by atoms with Crippen molar-refractivity contribution in [2.24, 2.45) is 0 Å². The summed E-state index contributed by atoms with van der Waals surface area (Å²) in [5.74, 6) is 1.80. The van der Waals surface area contributed by atoms with E-state index in [1.165, 1.54) is 0 Å². The van der Waals surface area contributed by atoms with E-state index < -0.39 is 0 Å². The summed E-state index contributed by atoms with van der Waals surface area (Å²) >= 11 is 0. The summed E-state index contributed by atoms with van der Waals surface area (Å²) in [4.78, 5) is 13.4. The smallest absolute Gasteiger partial charge is 0.222 e. The molecule has 1 amide bonds. The summed E-state index contributed by atoms with van der Waals surface area (Å²) in [6, 6.07) is 5.89. The number of carbonyl (C=O) groups excluding carboxylic acids is 1. The van der Waals surface area contributed by atoms with Gasteiger partial charge in [0.1, 0.15) is 0 Å². The van der Waals surface area contributed by atoms with Crippen LogP contribution in [0.3, 0.4) is 0 Å². The van der Waals surface area contributed by atoms with Crippen molar-refractivity contribution in [3.05, 3.63) is 23.8 Å². The van der Waals surface area contributed by atoms with Crippen LogP contribution in [0.4, 0.5) is 0 Å². The highest BCUT2D eigenvalue weighted by Crippen LogP contribution is 2.27. The Bertz CT molecular complexity index is 445. The zero-order valence-electron chi connectivity index (χ0n) is 11.6. The van der Waals surface area contributed by atoms with Crippen molar-refractivity contribution in [1.82, 2.24) is 4.90 Å². The molecule has 1 aromatic carbocycles. The number of benzene rings is 1. The van der Waals surface area contributed by atoms with Crippen molar-refractivity contribution in [2.75, 3.05) is 26.8 Å². The topological polar surface area (TPSA) is 38.8 Å². The van der Waals surface area contributed by atoms with Crippen molar-refractivity contribution in [3.8, 4) is 11.5 Å². The summed E-state index contributed by atoms with van der Waals surface area (Å²) in [7, 11) is 1.64. The van der Waals surface area contributed by atoms with Gasteiger partial charge in [0.25, 0.3) is 0 Å². The predicted molar refractivity (Wildman–Crippen MR) is 73.7 cm³/mol. The molecule has 1 saturated heterocycles. The first-order valence-electron chi connectivity index (χ1n) is 6.76. The van der Waals surface area contributed by atoms with Crippen molar-refractivity contribution >= 4 is 5.91 Å². The number of likely N-dealkylation sites (tertiary alicyclic amines) is 1. The first kappa shape index (κ1) is 13.7. The van der Waals surface area contributed by atoms with Gasteiger partial charge in [-0.15, -0.1) is 0 Å². The van der Waals surface area contributed by atoms with Crippen LogP contribution < -0.4 is 9.47 Å². The van der Waals surface area contributed by atoms with Crippen LogP contribution in [0.2, 0.25) is 0 Å². The standard InChI is InChI=1S/C15H21NO3/c1-12-6-7-13(14(11-12)18-2)19-10-4-9-16-8-3-5-15(16)17/h6-7,11H,3-5,8-10H2,1-2H3. The molecule has 0 N–H and O–H groups in total. The van der Waals surface area contributed by atoms with E-state index in [9.17, 15) is 4.79 Å². The molecule has 0 unspecified atom stereocenters. The van der Waals surface area contributed by atoms with Crippen LogP contribution in [0.5, 0.6) is 11.5 Å². The van der Waals surface area contributed by atoms with E-state index >= 15 is 0 Å². The minimum atomic E-state index is 0.271. The highest BCUT2D eigenvalue weighted by atomic mass is 16.5. The zero-order valence-corrected chi connectivity index (χ0v) is 11.6. The van der Waals surface area contributed by atoms with Gasteiger partial charge < -0.3 is 14.4 Å². The molecule has 0 aliphatic carbocycles. The fourth-order valence-electron chi connectivity index (χ4n) is 2.27. The minimum Gasteiger partial charge on any atom is -0.493 e. The van der Waals surface area contributed by atoms with E-state index in [1.54, 1.807) is 7.11 Å². The summed E-state index contributed by atoms with van der Waals surface area (Å²) < 4.78 is 11.0. The summed E-state index contributed by atoms with van der Waals surface area (Å²) in [6.07, 6.45) is 2.54. The Kier molecular flexibility index (Phi) is 4.66. The van der Waals surface area contributed by atoms with E-state index in [4.69, 9.17) is 9.47 Å². The maximum atomic E-state index is 11.4. The molecule has 0 saturated carbocycles. The Labute approximate surface area is 114 Å². The largest absolute Gasteiger partial charge is 0.493 e. The number of carbonyl (C=O) groups is 1. The molecule has 0 bridgehead atoms. The highest BCUT2D eigenvalue weighted by molar-refractivity contribution is 5.77. The van der Waals surface area contributed by atoms with Gasteiger partial charge in [0.05, 0.1) is 13.7 Å². The first-order valence-corrected chi connectivity index (χ1v) is 6.76. The third kappa shape index (κ3) is 3.63. The van der Waals surface area contributed by atoms with Gasteiger partial charge >= 0.3 is 0 Å². The SMILES string of the molecule is COc1cc(C)ccc1OCCCN1CCCC1=O. The van der Waals surface area contributed by atoms with E-state index in [-0.39, 0.29) is 5.91 Å². The lowest BCUT2D eigenvalue weighted by Crippen LogP contribution is -2.26. The number of hydrogen-bond donors (Lipinski definition) is 0. The zero-order chi connectivity index (χ0) is 13.7. The lowest BCUT2D eigenvalue weighted by Gasteiger charge is -2.16. The van der Waals surface area contributed by atoms with Gasteiger partial charge in [-0.05, 0) is 37.5 Å². The van der Waals surface area contributed by atoms with E-state index in [0.717, 1.165) is 43.0 Å². The van der Waals surface area contributed by atoms with Gasteiger partial charge in [0, 0.05) is 19.5 Å². The van der Waals surface area contributed by atoms with E-state index in [0.29, 0.717) is 13.0 Å². The van der Waals surface area contributed by atoms with Gasteiger partial charge in [-0.1, -0.05) is 6.07 Å². The van der Waals surface area contributed by atoms with Gasteiger partial charge in [0.2, 0.25) is 5.91 Å². The van der Waals surface area contributed by atoms with Crippen LogP contribution in [0.15, 0.2) is 18.2 Å². The monoisotopic (exact) mass is 263 g/mol. The van der Waals surface area contributed by atoms with Crippen LogP contribution in [0.25, 0.3) is 0 Å². The highest BCUT2D eigenvalue weighted by Gasteiger charge is 2.19. The Hall–Kier alpha value is -1.71. The summed E-state index contributed by atoms with van der Waals surface area (Å²) in [5.41, 5.74) is 1.15. The van der Waals surface area contributed by atoms with Crippen molar-refractivity contribution < 1.29 is 14.3 Å². The number of ether oxygens (including phenoxy) is 2. The molecule has 0 radical (unpaired) electrons. The number of rotatable bonds is 6. The molecule has 104 valence electrons. The average Bonchev–Trinajstić information content (AvgIpc) is 2.81. The first-order chi connectivity index (χ1) is 9.20. The van der Waals surface area contributed by atoms with Crippen LogP contribution in [-0.2, 0) is 4.79 Å². The predicted octanol–water partition coefficient (Wildman–Crippen LogP) is 2.39. The number of methoxy groups -OCH3 is 1. The Morgan fingerprint density at radius 1 is 1.32 bits per heavy atom. The molecule has 1 heterocycles. The molecule has 4 nitrogen and oxygen atoms in total. The molecule has 1 aliphatic heterocycles. The van der Waals surface area contributed by atoms with Crippen molar-refractivity contribution in [1.29, 1.82) is 0 Å². The fraction of sp³-hybridized carbons (Fsp3) is 0.533. The molecule has 1 fully saturated rings. The molecule has 1 aliphatic rings. The van der Waals surface area contributed by atoms with Gasteiger partial charge in [-0.3, -0.25) is 4.79 Å². The third-order valence-corrected chi connectivity index (χ3v) is 3.32. The van der Waals surface area contributed by atoms with E-state index in [2.05, 4.69) is 0 Å². The van der Waals surface area contributed by atoms with Crippen LogP contribution >= 0.6 is 0 Å². The lowest BCUT2D eigenvalue weighted by atomic mass is 10.2. The quantitative estimate of drug-likeness (QED) is 0.740. The summed E-state index contributed by atoms with van der Waals surface area (Å²) in [6.45, 7) is 4.30. The van der Waals surface area contributed by atoms with Crippen molar-refractivity contribution in [2.45, 2.75) is 26.2 Å². The van der Waals surface area contributed by atoms with Crippen molar-refractivity contribution in [3.63, 3.8) is 0 Å².